The Morgan fingerprint density at radius 3 is 2.48 bits per heavy atom. The van der Waals surface area contributed by atoms with Crippen LogP contribution in [0.3, 0.4) is 0 Å². The Kier molecular flexibility index (Phi) is 4.88. The molecule has 0 fully saturated rings. The summed E-state index contributed by atoms with van der Waals surface area (Å²) in [5.74, 6) is -3.04. The van der Waals surface area contributed by atoms with Gasteiger partial charge in [-0.05, 0) is 24.6 Å². The number of aliphatic carboxylic acids is 1. The second-order valence-electron chi connectivity index (χ2n) is 4.83. The molecule has 1 aromatic carbocycles. The number of carboxylic acids is 2. The van der Waals surface area contributed by atoms with Crippen molar-refractivity contribution in [3.05, 3.63) is 51.8 Å². The van der Waals surface area contributed by atoms with E-state index in [1.807, 2.05) is 0 Å². The van der Waals surface area contributed by atoms with Crippen molar-refractivity contribution in [2.24, 2.45) is 0 Å². The van der Waals surface area contributed by atoms with Gasteiger partial charge in [-0.1, -0.05) is 6.07 Å². The van der Waals surface area contributed by atoms with Gasteiger partial charge in [0.1, 0.15) is 0 Å². The Balaban J connectivity index is 2.58. The topological polar surface area (TPSA) is 153 Å². The molecule has 2 rings (SSSR count). The van der Waals surface area contributed by atoms with Crippen LogP contribution in [0.4, 0.5) is 0 Å². The molecule has 0 amide bonds. The third-order valence-corrected chi connectivity index (χ3v) is 4.74. The van der Waals surface area contributed by atoms with Crippen LogP contribution in [0, 0.1) is 6.92 Å². The van der Waals surface area contributed by atoms with Crippen molar-refractivity contribution in [1.82, 2.24) is 9.19 Å². The average molecular weight is 368 g/mol. The van der Waals surface area contributed by atoms with E-state index in [-0.39, 0.29) is 15.2 Å². The third-order valence-electron chi connectivity index (χ3n) is 3.03. The number of carbonyl (C=O) groups is 2. The van der Waals surface area contributed by atoms with Crippen LogP contribution in [0.2, 0.25) is 0 Å². The molecule has 0 saturated carbocycles. The quantitative estimate of drug-likeness (QED) is 0.714. The number of aromatic carboxylic acids is 1. The number of benzene rings is 1. The zero-order chi connectivity index (χ0) is 18.8. The number of aryl methyl sites for hydroxylation is 1. The summed E-state index contributed by atoms with van der Waals surface area (Å²) in [7, 11) is -4.52. The molecule has 1 aromatic heterocycles. The SMILES string of the molecule is Cc1ccc(C(=O)O)cc1S(=O)(=O)n1nc(OCC(=O)O)ccc1=O. The fourth-order valence-electron chi connectivity index (χ4n) is 1.87. The minimum Gasteiger partial charge on any atom is -0.479 e. The smallest absolute Gasteiger partial charge is 0.341 e. The molecule has 0 saturated heterocycles. The van der Waals surface area contributed by atoms with E-state index >= 15 is 0 Å². The van der Waals surface area contributed by atoms with Gasteiger partial charge in [-0.2, -0.15) is 8.42 Å². The molecule has 0 aliphatic carbocycles. The van der Waals surface area contributed by atoms with Crippen molar-refractivity contribution >= 4 is 22.0 Å². The summed E-state index contributed by atoms with van der Waals surface area (Å²) < 4.78 is 30.2. The summed E-state index contributed by atoms with van der Waals surface area (Å²) in [6, 6.07) is 5.28. The molecule has 25 heavy (non-hydrogen) atoms. The van der Waals surface area contributed by atoms with E-state index < -0.39 is 44.9 Å². The lowest BCUT2D eigenvalue weighted by Crippen LogP contribution is -2.30. The zero-order valence-electron chi connectivity index (χ0n) is 12.7. The summed E-state index contributed by atoms with van der Waals surface area (Å²) in [6.45, 7) is 0.646. The van der Waals surface area contributed by atoms with Gasteiger partial charge in [0.2, 0.25) is 5.88 Å². The Morgan fingerprint density at radius 2 is 1.88 bits per heavy atom. The van der Waals surface area contributed by atoms with Crippen LogP contribution in [0.15, 0.2) is 40.0 Å². The Labute approximate surface area is 141 Å². The van der Waals surface area contributed by atoms with Crippen LogP contribution in [-0.4, -0.2) is 46.4 Å². The van der Waals surface area contributed by atoms with Crippen molar-refractivity contribution < 1.29 is 33.0 Å². The summed E-state index contributed by atoms with van der Waals surface area (Å²) in [6.07, 6.45) is 0. The monoisotopic (exact) mass is 368 g/mol. The molecule has 0 radical (unpaired) electrons. The third kappa shape index (κ3) is 3.83. The molecule has 132 valence electrons. The number of nitrogens with zero attached hydrogens (tertiary/aromatic N) is 2. The lowest BCUT2D eigenvalue weighted by molar-refractivity contribution is -0.139. The summed E-state index contributed by atoms with van der Waals surface area (Å²) >= 11 is 0. The van der Waals surface area contributed by atoms with Crippen molar-refractivity contribution in [2.45, 2.75) is 11.8 Å². The first kappa shape index (κ1) is 18.1. The van der Waals surface area contributed by atoms with Crippen molar-refractivity contribution in [3.8, 4) is 5.88 Å². The van der Waals surface area contributed by atoms with Crippen LogP contribution < -0.4 is 10.3 Å². The molecule has 2 aromatic rings. The highest BCUT2D eigenvalue weighted by molar-refractivity contribution is 7.89. The number of ether oxygens (including phenoxy) is 1. The Hall–Kier alpha value is -3.21. The highest BCUT2D eigenvalue weighted by atomic mass is 32.2. The first-order valence-corrected chi connectivity index (χ1v) is 8.11. The lowest BCUT2D eigenvalue weighted by Gasteiger charge is -2.11. The second kappa shape index (κ2) is 6.73. The fraction of sp³-hybridized carbons (Fsp3) is 0.143. The predicted octanol–water partition coefficient (Wildman–Crippen LogP) is -0.0497. The van der Waals surface area contributed by atoms with Crippen molar-refractivity contribution in [3.63, 3.8) is 0 Å². The Morgan fingerprint density at radius 1 is 1.20 bits per heavy atom. The van der Waals surface area contributed by atoms with Gasteiger partial charge in [0.05, 0.1) is 10.5 Å². The number of aromatic nitrogens is 2. The maximum absolute atomic E-state index is 12.7. The van der Waals surface area contributed by atoms with Gasteiger partial charge < -0.3 is 14.9 Å². The van der Waals surface area contributed by atoms with Crippen molar-refractivity contribution in [1.29, 1.82) is 0 Å². The van der Waals surface area contributed by atoms with E-state index in [9.17, 15) is 22.8 Å². The highest BCUT2D eigenvalue weighted by Gasteiger charge is 2.24. The second-order valence-corrected chi connectivity index (χ2v) is 6.56. The van der Waals surface area contributed by atoms with Crippen molar-refractivity contribution in [2.75, 3.05) is 6.61 Å². The van der Waals surface area contributed by atoms with E-state index in [1.165, 1.54) is 19.1 Å². The maximum Gasteiger partial charge on any atom is 0.341 e. The summed E-state index contributed by atoms with van der Waals surface area (Å²) in [4.78, 5) is 33.0. The molecule has 0 unspecified atom stereocenters. The van der Waals surface area contributed by atoms with Crippen LogP contribution in [0.1, 0.15) is 15.9 Å². The number of hydrogen-bond donors (Lipinski definition) is 2. The summed E-state index contributed by atoms with van der Waals surface area (Å²) in [5.41, 5.74) is -1.09. The molecule has 0 aliphatic heterocycles. The van der Waals surface area contributed by atoms with Gasteiger partial charge in [-0.25, -0.2) is 9.59 Å². The molecule has 1 heterocycles. The maximum atomic E-state index is 12.7. The van der Waals surface area contributed by atoms with E-state index in [0.717, 1.165) is 18.2 Å². The number of hydrogen-bond acceptors (Lipinski definition) is 7. The van der Waals surface area contributed by atoms with Gasteiger partial charge in [-0.3, -0.25) is 4.79 Å². The summed E-state index contributed by atoms with van der Waals surface area (Å²) in [5, 5.41) is 21.1. The largest absolute Gasteiger partial charge is 0.479 e. The molecule has 11 heteroatoms. The van der Waals surface area contributed by atoms with E-state index in [1.54, 1.807) is 0 Å². The van der Waals surface area contributed by atoms with Crippen LogP contribution in [0.25, 0.3) is 0 Å². The predicted molar refractivity (Wildman–Crippen MR) is 82.3 cm³/mol. The minimum absolute atomic E-state index is 0.123. The van der Waals surface area contributed by atoms with Crippen LogP contribution >= 0.6 is 0 Å². The van der Waals surface area contributed by atoms with E-state index in [0.29, 0.717) is 0 Å². The number of rotatable bonds is 6. The fourth-order valence-corrected chi connectivity index (χ4v) is 3.29. The lowest BCUT2D eigenvalue weighted by atomic mass is 10.1. The Bertz CT molecular complexity index is 1010. The number of carboxylic acid groups (broad SMARTS) is 2. The molecule has 0 spiro atoms. The van der Waals surface area contributed by atoms with Crippen LogP contribution in [0.5, 0.6) is 5.88 Å². The molecule has 10 nitrogen and oxygen atoms in total. The molecule has 0 atom stereocenters. The first-order chi connectivity index (χ1) is 11.6. The van der Waals surface area contributed by atoms with E-state index in [4.69, 9.17) is 14.9 Å². The normalized spacial score (nSPS) is 11.1. The average Bonchev–Trinajstić information content (AvgIpc) is 2.53. The molecule has 0 aliphatic rings. The van der Waals surface area contributed by atoms with Gasteiger partial charge in [0, 0.05) is 12.1 Å². The standard InChI is InChI=1S/C14H12N2O8S/c1-8-2-3-9(14(20)21)6-10(8)25(22,23)16-12(17)5-4-11(15-16)24-7-13(18)19/h2-6H,7H2,1H3,(H,18,19)(H,20,21). The van der Waals surface area contributed by atoms with Gasteiger partial charge in [-0.15, -0.1) is 9.19 Å². The van der Waals surface area contributed by atoms with Gasteiger partial charge in [0.15, 0.2) is 6.61 Å². The molecular formula is C14H12N2O8S. The molecule has 0 bridgehead atoms. The zero-order valence-corrected chi connectivity index (χ0v) is 13.6. The van der Waals surface area contributed by atoms with Gasteiger partial charge >= 0.3 is 11.9 Å². The van der Waals surface area contributed by atoms with Gasteiger partial charge in [0.25, 0.3) is 15.6 Å². The minimum atomic E-state index is -4.52. The molecular weight excluding hydrogens is 356 g/mol. The molecule has 2 N–H and O–H groups in total. The van der Waals surface area contributed by atoms with Crippen LogP contribution in [-0.2, 0) is 14.8 Å². The highest BCUT2D eigenvalue weighted by Crippen LogP contribution is 2.19. The first-order valence-electron chi connectivity index (χ1n) is 6.67. The van der Waals surface area contributed by atoms with E-state index in [2.05, 4.69) is 5.10 Å².